The number of carboxylic acids is 1. The Balaban J connectivity index is 1.61. The summed E-state index contributed by atoms with van der Waals surface area (Å²) in [6.45, 7) is 0.510. The summed E-state index contributed by atoms with van der Waals surface area (Å²) < 4.78 is 6.37. The van der Waals surface area contributed by atoms with Gasteiger partial charge in [-0.15, -0.1) is 0 Å². The van der Waals surface area contributed by atoms with Crippen molar-refractivity contribution in [2.45, 2.75) is 32.1 Å². The van der Waals surface area contributed by atoms with Crippen molar-refractivity contribution in [1.82, 2.24) is 4.90 Å². The molecule has 0 bridgehead atoms. The van der Waals surface area contributed by atoms with Crippen LogP contribution in [0.15, 0.2) is 39.7 Å². The summed E-state index contributed by atoms with van der Waals surface area (Å²) in [6.07, 6.45) is 4.26. The molecule has 158 valence electrons. The highest BCUT2D eigenvalue weighted by molar-refractivity contribution is 8.25. The molecule has 0 saturated carbocycles. The van der Waals surface area contributed by atoms with Crippen molar-refractivity contribution in [1.29, 1.82) is 0 Å². The molecule has 2 aromatic rings. The molecule has 0 unspecified atom stereocenters. The molecule has 1 aromatic heterocycles. The number of carboxylic acid groups (broad SMARTS) is 1. The molecule has 0 atom stereocenters. The highest BCUT2D eigenvalue weighted by Gasteiger charge is 2.26. The summed E-state index contributed by atoms with van der Waals surface area (Å²) >= 11 is 19.0. The van der Waals surface area contributed by atoms with E-state index in [4.69, 9.17) is 44.9 Å². The van der Waals surface area contributed by atoms with Crippen LogP contribution in [0.5, 0.6) is 0 Å². The van der Waals surface area contributed by atoms with E-state index in [1.165, 1.54) is 11.8 Å². The van der Waals surface area contributed by atoms with E-state index in [2.05, 4.69) is 0 Å². The third-order valence-corrected chi connectivity index (χ3v) is 6.42. The average molecular weight is 484 g/mol. The van der Waals surface area contributed by atoms with Crippen molar-refractivity contribution in [3.8, 4) is 11.3 Å². The maximum atomic E-state index is 12.5. The zero-order valence-electron chi connectivity index (χ0n) is 15.9. The quantitative estimate of drug-likeness (QED) is 0.341. The summed E-state index contributed by atoms with van der Waals surface area (Å²) in [5.74, 6) is 0.324. The summed E-state index contributed by atoms with van der Waals surface area (Å²) in [7, 11) is 0. The Morgan fingerprint density at radius 3 is 2.77 bits per heavy atom. The molecule has 1 aliphatic heterocycles. The number of aliphatic carboxylic acids is 1. The zero-order chi connectivity index (χ0) is 21.7. The number of unbranched alkanes of at least 4 members (excludes halogenated alkanes) is 2. The number of hydrogen-bond acceptors (Lipinski definition) is 5. The zero-order valence-corrected chi connectivity index (χ0v) is 19.0. The van der Waals surface area contributed by atoms with Gasteiger partial charge in [0.15, 0.2) is 0 Å². The lowest BCUT2D eigenvalue weighted by Crippen LogP contribution is -2.38. The Labute approximate surface area is 194 Å². The van der Waals surface area contributed by atoms with Crippen molar-refractivity contribution >= 4 is 69.5 Å². The van der Waals surface area contributed by atoms with Gasteiger partial charge in [0.25, 0.3) is 0 Å². The molecule has 0 aliphatic carbocycles. The molecular weight excluding hydrogens is 465 g/mol. The van der Waals surface area contributed by atoms with Gasteiger partial charge in [0.1, 0.15) is 15.8 Å². The molecular formula is C21H19Cl2NO4S2. The number of furan rings is 1. The van der Waals surface area contributed by atoms with Gasteiger partial charge in [0.2, 0.25) is 5.91 Å². The van der Waals surface area contributed by atoms with Crippen LogP contribution in [0.2, 0.25) is 10.0 Å². The molecule has 0 radical (unpaired) electrons. The van der Waals surface area contributed by atoms with Gasteiger partial charge in [-0.05, 0) is 49.2 Å². The molecule has 30 heavy (non-hydrogen) atoms. The highest BCUT2D eigenvalue weighted by Crippen LogP contribution is 2.35. The molecule has 1 aliphatic rings. The normalized spacial score (nSPS) is 15.8. The first kappa shape index (κ1) is 22.9. The third kappa shape index (κ3) is 6.11. The number of thiocarbonyl (C=S) groups is 1. The second kappa shape index (κ2) is 10.5. The van der Waals surface area contributed by atoms with Gasteiger partial charge in [-0.3, -0.25) is 14.5 Å². The second-order valence-corrected chi connectivity index (χ2v) is 9.34. The van der Waals surface area contributed by atoms with Crippen LogP contribution in [0.25, 0.3) is 17.4 Å². The first-order valence-corrected chi connectivity index (χ1v) is 11.3. The largest absolute Gasteiger partial charge is 0.481 e. The molecule has 9 heteroatoms. The Hall–Kier alpha value is -1.80. The van der Waals surface area contributed by atoms with Crippen LogP contribution in [0.4, 0.5) is 0 Å². The van der Waals surface area contributed by atoms with Gasteiger partial charge in [-0.25, -0.2) is 0 Å². The van der Waals surface area contributed by atoms with Gasteiger partial charge in [0.05, 0.1) is 11.4 Å². The van der Waals surface area contributed by atoms with Crippen molar-refractivity contribution in [3.05, 3.63) is 51.0 Å². The number of halogens is 2. The van der Waals surface area contributed by atoms with Gasteiger partial charge in [-0.1, -0.05) is 53.6 Å². The fourth-order valence-corrected chi connectivity index (χ4v) is 4.78. The molecule has 2 heterocycles. The van der Waals surface area contributed by atoms with E-state index in [1.54, 1.807) is 35.2 Å². The molecule has 1 aromatic carbocycles. The molecule has 1 fully saturated rings. The average Bonchev–Trinajstić information content (AvgIpc) is 3.13. The lowest BCUT2D eigenvalue weighted by Gasteiger charge is -2.28. The second-order valence-electron chi connectivity index (χ2n) is 6.73. The number of hydrogen-bond donors (Lipinski definition) is 1. The monoisotopic (exact) mass is 483 g/mol. The maximum Gasteiger partial charge on any atom is 0.303 e. The molecule has 0 spiro atoms. The minimum absolute atomic E-state index is 0.0621. The summed E-state index contributed by atoms with van der Waals surface area (Å²) in [6, 6.07) is 8.78. The Morgan fingerprint density at radius 2 is 2.03 bits per heavy atom. The van der Waals surface area contributed by atoms with E-state index in [-0.39, 0.29) is 18.7 Å². The van der Waals surface area contributed by atoms with Crippen LogP contribution >= 0.6 is 47.2 Å². The third-order valence-electron chi connectivity index (χ3n) is 4.46. The lowest BCUT2D eigenvalue weighted by atomic mass is 10.2. The van der Waals surface area contributed by atoms with E-state index in [0.29, 0.717) is 44.4 Å². The summed E-state index contributed by atoms with van der Waals surface area (Å²) in [5.41, 5.74) is 0.700. The first-order valence-electron chi connectivity index (χ1n) is 9.33. The van der Waals surface area contributed by atoms with Crippen LogP contribution in [0.3, 0.4) is 0 Å². The van der Waals surface area contributed by atoms with E-state index < -0.39 is 5.97 Å². The molecule has 1 amide bonds. The van der Waals surface area contributed by atoms with E-state index in [9.17, 15) is 9.59 Å². The first-order chi connectivity index (χ1) is 14.3. The Kier molecular flexibility index (Phi) is 7.99. The van der Waals surface area contributed by atoms with Crippen LogP contribution in [-0.2, 0) is 9.59 Å². The highest BCUT2D eigenvalue weighted by atomic mass is 35.5. The molecule has 1 N–H and O–H groups in total. The predicted molar refractivity (Wildman–Crippen MR) is 125 cm³/mol. The Morgan fingerprint density at radius 1 is 1.23 bits per heavy atom. The van der Waals surface area contributed by atoms with Gasteiger partial charge in [-0.2, -0.15) is 0 Å². The topological polar surface area (TPSA) is 70.8 Å². The fourth-order valence-electron chi connectivity index (χ4n) is 2.99. The van der Waals surface area contributed by atoms with E-state index >= 15 is 0 Å². The molecule has 3 rings (SSSR count). The number of carbonyl (C=O) groups is 2. The van der Waals surface area contributed by atoms with Crippen LogP contribution < -0.4 is 0 Å². The summed E-state index contributed by atoms with van der Waals surface area (Å²) in [4.78, 5) is 25.5. The number of nitrogens with zero attached hydrogens (tertiary/aromatic N) is 1. The van der Waals surface area contributed by atoms with Gasteiger partial charge >= 0.3 is 5.97 Å². The smallest absolute Gasteiger partial charge is 0.303 e. The maximum absolute atomic E-state index is 12.5. The van der Waals surface area contributed by atoms with Crippen molar-refractivity contribution < 1.29 is 19.1 Å². The lowest BCUT2D eigenvalue weighted by molar-refractivity contribution is -0.137. The van der Waals surface area contributed by atoms with Crippen LogP contribution in [0, 0.1) is 0 Å². The van der Waals surface area contributed by atoms with Crippen LogP contribution in [-0.4, -0.2) is 32.7 Å². The number of carbonyl (C=O) groups excluding carboxylic acids is 1. The number of amides is 1. The summed E-state index contributed by atoms with van der Waals surface area (Å²) in [5, 5.41) is 9.77. The SMILES string of the molecule is O=C(O)CCCCCN1C(=O)C/C(=C\c2ccc(-c3cc(Cl)ccc3Cl)o2)SC1=S. The van der Waals surface area contributed by atoms with Gasteiger partial charge in [0, 0.05) is 28.5 Å². The molecule has 5 nitrogen and oxygen atoms in total. The number of thioether (sulfide) groups is 1. The number of benzene rings is 1. The van der Waals surface area contributed by atoms with E-state index in [0.717, 1.165) is 17.7 Å². The van der Waals surface area contributed by atoms with Crippen molar-refractivity contribution in [3.63, 3.8) is 0 Å². The number of rotatable bonds is 8. The van der Waals surface area contributed by atoms with E-state index in [1.807, 2.05) is 6.07 Å². The predicted octanol–water partition coefficient (Wildman–Crippen LogP) is 6.49. The Bertz CT molecular complexity index is 983. The molecule has 1 saturated heterocycles. The van der Waals surface area contributed by atoms with Crippen molar-refractivity contribution in [2.24, 2.45) is 0 Å². The standard InChI is InChI=1S/C21H19Cl2NO4S2/c22-13-5-7-17(23)16(10-13)18-8-6-14(28-18)11-15-12-19(25)24(21(29)30-15)9-3-1-2-4-20(26)27/h5-8,10-11H,1-4,9,12H2,(H,26,27)/b15-11+. The van der Waals surface area contributed by atoms with Gasteiger partial charge < -0.3 is 9.52 Å². The van der Waals surface area contributed by atoms with Crippen LogP contribution in [0.1, 0.15) is 37.9 Å². The minimum atomic E-state index is -0.802. The minimum Gasteiger partial charge on any atom is -0.481 e. The van der Waals surface area contributed by atoms with Crippen molar-refractivity contribution in [2.75, 3.05) is 6.54 Å². The fraction of sp³-hybridized carbons (Fsp3) is 0.286.